The van der Waals surface area contributed by atoms with Gasteiger partial charge >= 0.3 is 0 Å². The molecule has 0 N–H and O–H groups in total. The number of hydrogen-bond donors (Lipinski definition) is 0. The Bertz CT molecular complexity index is 654. The molecule has 0 amide bonds. The molecule has 1 heterocycles. The highest BCUT2D eigenvalue weighted by Gasteiger charge is 2.61. The van der Waals surface area contributed by atoms with Crippen LogP contribution in [0.2, 0.25) is 0 Å². The normalized spacial score (nSPS) is 46.9. The number of carbonyl (C=O) groups excluding carboxylic acids is 1. The van der Waals surface area contributed by atoms with E-state index in [2.05, 4.69) is 25.1 Å². The molecule has 3 saturated carbocycles. The first-order valence-corrected chi connectivity index (χ1v) is 8.42. The highest BCUT2D eigenvalue weighted by atomic mass is 16.3. The fraction of sp³-hybridized carbons (Fsp3) is 0.632. The van der Waals surface area contributed by atoms with E-state index in [1.165, 1.54) is 31.2 Å². The number of furan rings is 1. The van der Waals surface area contributed by atoms with Gasteiger partial charge < -0.3 is 4.42 Å². The fourth-order valence-electron chi connectivity index (χ4n) is 6.42. The predicted molar refractivity (Wildman–Crippen MR) is 80.7 cm³/mol. The lowest BCUT2D eigenvalue weighted by molar-refractivity contribution is -0.120. The molecule has 0 aromatic carbocycles. The Morgan fingerprint density at radius 3 is 3.10 bits per heavy atom. The summed E-state index contributed by atoms with van der Waals surface area (Å²) in [4.78, 5) is 12.3. The molecule has 4 aliphatic rings. The first-order chi connectivity index (χ1) is 10.1. The molecular weight excluding hydrogens is 260 g/mol. The number of rotatable bonds is 0. The Morgan fingerprint density at radius 1 is 1.29 bits per heavy atom. The zero-order valence-electron chi connectivity index (χ0n) is 12.6. The topological polar surface area (TPSA) is 30.2 Å². The third-order valence-electron chi connectivity index (χ3n) is 7.31. The average molecular weight is 282 g/mol. The molecule has 3 fully saturated rings. The Morgan fingerprint density at radius 2 is 2.19 bits per heavy atom. The number of carbonyl (C=O) groups is 1. The number of hydrogen-bond acceptors (Lipinski definition) is 2. The van der Waals surface area contributed by atoms with Crippen molar-refractivity contribution >= 4 is 11.9 Å². The third kappa shape index (κ3) is 1.37. The maximum absolute atomic E-state index is 12.3. The van der Waals surface area contributed by atoms with Gasteiger partial charge in [0.2, 0.25) is 0 Å². The summed E-state index contributed by atoms with van der Waals surface area (Å²) in [6.07, 6.45) is 13.3. The largest absolute Gasteiger partial charge is 0.465 e. The van der Waals surface area contributed by atoms with Crippen LogP contribution in [0.4, 0.5) is 0 Å². The van der Waals surface area contributed by atoms with E-state index in [4.69, 9.17) is 4.42 Å². The highest BCUT2D eigenvalue weighted by molar-refractivity contribution is 5.84. The van der Waals surface area contributed by atoms with Gasteiger partial charge in [0.1, 0.15) is 11.5 Å². The van der Waals surface area contributed by atoms with Crippen LogP contribution in [0.25, 0.3) is 6.08 Å². The lowest BCUT2D eigenvalue weighted by Gasteiger charge is -2.57. The minimum Gasteiger partial charge on any atom is -0.465 e. The van der Waals surface area contributed by atoms with Crippen molar-refractivity contribution in [2.45, 2.75) is 51.4 Å². The van der Waals surface area contributed by atoms with Crippen molar-refractivity contribution in [3.8, 4) is 0 Å². The molecule has 110 valence electrons. The molecule has 0 radical (unpaired) electrons. The third-order valence-corrected chi connectivity index (χ3v) is 7.31. The van der Waals surface area contributed by atoms with Crippen LogP contribution in [0.3, 0.4) is 0 Å². The zero-order valence-corrected chi connectivity index (χ0v) is 12.6. The van der Waals surface area contributed by atoms with Gasteiger partial charge in [-0.05, 0) is 66.9 Å². The van der Waals surface area contributed by atoms with Crippen molar-refractivity contribution in [2.75, 3.05) is 0 Å². The van der Waals surface area contributed by atoms with Crippen molar-refractivity contribution in [2.24, 2.45) is 22.7 Å². The summed E-state index contributed by atoms with van der Waals surface area (Å²) in [5.74, 6) is 3.26. The van der Waals surface area contributed by atoms with Gasteiger partial charge in [-0.25, -0.2) is 0 Å². The molecule has 2 heteroatoms. The fourth-order valence-corrected chi connectivity index (χ4v) is 6.42. The minimum atomic E-state index is 0.213. The van der Waals surface area contributed by atoms with E-state index in [0.29, 0.717) is 29.0 Å². The number of fused-ring (bicyclic) bond motifs is 5. The van der Waals surface area contributed by atoms with E-state index in [1.807, 2.05) is 6.26 Å². The van der Waals surface area contributed by atoms with E-state index >= 15 is 0 Å². The summed E-state index contributed by atoms with van der Waals surface area (Å²) in [5, 5.41) is 0. The Kier molecular flexibility index (Phi) is 2.17. The van der Waals surface area contributed by atoms with E-state index < -0.39 is 0 Å². The molecule has 4 aliphatic carbocycles. The summed E-state index contributed by atoms with van der Waals surface area (Å²) >= 11 is 0. The summed E-state index contributed by atoms with van der Waals surface area (Å²) in [7, 11) is 0. The standard InChI is InChI=1S/C19H22O2/c1-18-7-5-16-13(6-9-21-16)14(18)4-8-19-10-12(15(20)11-19)2-3-17(18)19/h5-7,9,12,14,17H,2-4,8,10-11H2,1H3/t12?,14?,17?,18-,19+/m1/s1. The van der Waals surface area contributed by atoms with Crippen LogP contribution in [0.15, 0.2) is 22.8 Å². The van der Waals surface area contributed by atoms with E-state index in [0.717, 1.165) is 18.6 Å². The smallest absolute Gasteiger partial charge is 0.136 e. The first-order valence-electron chi connectivity index (χ1n) is 8.42. The second-order valence-electron chi connectivity index (χ2n) is 8.07. The van der Waals surface area contributed by atoms with Crippen LogP contribution in [-0.2, 0) is 4.79 Å². The Labute approximate surface area is 125 Å². The summed E-state index contributed by atoms with van der Waals surface area (Å²) in [6, 6.07) is 2.17. The highest BCUT2D eigenvalue weighted by Crippen LogP contribution is 2.68. The molecule has 1 spiro atoms. The molecular formula is C19H22O2. The van der Waals surface area contributed by atoms with E-state index in [1.54, 1.807) is 0 Å². The second kappa shape index (κ2) is 3.71. The summed E-state index contributed by atoms with van der Waals surface area (Å²) < 4.78 is 5.62. The minimum absolute atomic E-state index is 0.213. The molecule has 1 aromatic heterocycles. The maximum Gasteiger partial charge on any atom is 0.136 e. The zero-order chi connectivity index (χ0) is 14.2. The number of Topliss-reactive ketones (excluding diaryl/α,β-unsaturated/α-hetero) is 1. The molecule has 3 unspecified atom stereocenters. The van der Waals surface area contributed by atoms with Gasteiger partial charge in [0.25, 0.3) is 0 Å². The second-order valence-corrected chi connectivity index (χ2v) is 8.07. The van der Waals surface area contributed by atoms with Crippen molar-refractivity contribution in [3.63, 3.8) is 0 Å². The van der Waals surface area contributed by atoms with Gasteiger partial charge in [-0.2, -0.15) is 0 Å². The summed E-state index contributed by atoms with van der Waals surface area (Å²) in [6.45, 7) is 2.44. The SMILES string of the molecule is C[C@@]12C=Cc3occc3C1CC[C@]13CC(=O)C(CCC12)C3. The van der Waals surface area contributed by atoms with Gasteiger partial charge in [0, 0.05) is 17.9 Å². The van der Waals surface area contributed by atoms with Gasteiger partial charge in [-0.3, -0.25) is 4.79 Å². The molecule has 1 aromatic rings. The van der Waals surface area contributed by atoms with Crippen molar-refractivity contribution in [1.29, 1.82) is 0 Å². The quantitative estimate of drug-likeness (QED) is 0.698. The van der Waals surface area contributed by atoms with Crippen molar-refractivity contribution < 1.29 is 9.21 Å². The first kappa shape index (κ1) is 12.3. The Balaban J connectivity index is 1.63. The van der Waals surface area contributed by atoms with E-state index in [9.17, 15) is 4.79 Å². The summed E-state index contributed by atoms with van der Waals surface area (Å²) in [5.41, 5.74) is 1.93. The lowest BCUT2D eigenvalue weighted by Crippen LogP contribution is -2.49. The molecule has 2 nitrogen and oxygen atoms in total. The van der Waals surface area contributed by atoms with Gasteiger partial charge in [-0.15, -0.1) is 0 Å². The lowest BCUT2D eigenvalue weighted by atomic mass is 9.46. The van der Waals surface area contributed by atoms with Crippen LogP contribution in [0.1, 0.15) is 62.7 Å². The predicted octanol–water partition coefficient (Wildman–Crippen LogP) is 4.57. The van der Waals surface area contributed by atoms with Gasteiger partial charge in [-0.1, -0.05) is 13.0 Å². The molecule has 5 rings (SSSR count). The maximum atomic E-state index is 12.3. The molecule has 0 aliphatic heterocycles. The van der Waals surface area contributed by atoms with Crippen LogP contribution in [-0.4, -0.2) is 5.78 Å². The van der Waals surface area contributed by atoms with Crippen LogP contribution >= 0.6 is 0 Å². The molecule has 21 heavy (non-hydrogen) atoms. The van der Waals surface area contributed by atoms with Crippen molar-refractivity contribution in [3.05, 3.63) is 29.7 Å². The van der Waals surface area contributed by atoms with Crippen LogP contribution in [0.5, 0.6) is 0 Å². The average Bonchev–Trinajstić information content (AvgIpc) is 3.02. The Hall–Kier alpha value is -1.31. The molecule has 0 saturated heterocycles. The van der Waals surface area contributed by atoms with Gasteiger partial charge in [0.15, 0.2) is 0 Å². The monoisotopic (exact) mass is 282 g/mol. The molecule has 2 bridgehead atoms. The van der Waals surface area contributed by atoms with Crippen molar-refractivity contribution in [1.82, 2.24) is 0 Å². The van der Waals surface area contributed by atoms with Gasteiger partial charge in [0.05, 0.1) is 6.26 Å². The number of allylic oxidation sites excluding steroid dienone is 1. The van der Waals surface area contributed by atoms with Crippen LogP contribution in [0, 0.1) is 22.7 Å². The molecule has 5 atom stereocenters. The van der Waals surface area contributed by atoms with Crippen LogP contribution < -0.4 is 0 Å². The number of ketones is 1. The van der Waals surface area contributed by atoms with E-state index in [-0.39, 0.29) is 5.41 Å².